The van der Waals surface area contributed by atoms with Crippen LogP contribution in [-0.2, 0) is 12.8 Å². The predicted molar refractivity (Wildman–Crippen MR) is 173 cm³/mol. The summed E-state index contributed by atoms with van der Waals surface area (Å²) in [6.45, 7) is 24.6. The molecule has 212 valence electrons. The molecule has 1 aliphatic rings. The number of aliphatic hydroxyl groups excluding tert-OH is 1. The second-order valence-corrected chi connectivity index (χ2v) is 10.3. The largest absolute Gasteiger partial charge is 0.396 e. The normalized spacial score (nSPS) is 13.1. The summed E-state index contributed by atoms with van der Waals surface area (Å²) in [5.41, 5.74) is 10.4. The smallest absolute Gasteiger partial charge is 0.0434 e. The first kappa shape index (κ1) is 35.6. The molecule has 1 saturated carbocycles. The fraction of sp³-hybridized carbons (Fsp3) is 0.514. The number of allylic oxidation sites excluding steroid dienone is 4. The molecular weight excluding hydrogens is 460 g/mol. The minimum Gasteiger partial charge on any atom is -0.396 e. The standard InChI is InChI=1S/C25H32O.C7H14.C3H6.C2H6/c1-6-18(2)19(3)9-12-22-13-10-21(5)25(16-22)24-14-11-20(4)23(17-24)8-7-15-26;1-7-5-3-2-4-6-7;1-3-2;1-2/h6,10-11,13-14,16-17,26H,3,7-9,12,15H2,1-2,4-5H3;7H,2-6H2,1H3;3H,1H2,2H3;1-2H3/b18-6+;;;. The molecular formula is C37H58O. The van der Waals surface area contributed by atoms with E-state index in [0.717, 1.165) is 31.6 Å². The van der Waals surface area contributed by atoms with Crippen LogP contribution in [-0.4, -0.2) is 11.7 Å². The van der Waals surface area contributed by atoms with Gasteiger partial charge in [-0.05, 0) is 99.6 Å². The van der Waals surface area contributed by atoms with Crippen LogP contribution >= 0.6 is 0 Å². The molecule has 0 bridgehead atoms. The van der Waals surface area contributed by atoms with Gasteiger partial charge in [0.05, 0.1) is 0 Å². The molecule has 3 rings (SSSR count). The van der Waals surface area contributed by atoms with Gasteiger partial charge in [0.2, 0.25) is 0 Å². The van der Waals surface area contributed by atoms with E-state index >= 15 is 0 Å². The van der Waals surface area contributed by atoms with Gasteiger partial charge in [-0.15, -0.1) is 6.58 Å². The van der Waals surface area contributed by atoms with E-state index in [-0.39, 0.29) is 6.61 Å². The average Bonchev–Trinajstić information content (AvgIpc) is 2.94. The molecule has 0 unspecified atom stereocenters. The van der Waals surface area contributed by atoms with Crippen molar-refractivity contribution in [3.8, 4) is 11.1 Å². The second-order valence-electron chi connectivity index (χ2n) is 10.3. The number of hydrogen-bond donors (Lipinski definition) is 1. The highest BCUT2D eigenvalue weighted by atomic mass is 16.2. The lowest BCUT2D eigenvalue weighted by Crippen LogP contribution is -1.99. The summed E-state index contributed by atoms with van der Waals surface area (Å²) >= 11 is 0. The number of aliphatic hydroxyl groups is 1. The summed E-state index contributed by atoms with van der Waals surface area (Å²) in [5.74, 6) is 1.04. The van der Waals surface area contributed by atoms with Gasteiger partial charge in [-0.3, -0.25) is 0 Å². The molecule has 38 heavy (non-hydrogen) atoms. The quantitative estimate of drug-likeness (QED) is 0.272. The van der Waals surface area contributed by atoms with Crippen LogP contribution in [0.3, 0.4) is 0 Å². The molecule has 0 radical (unpaired) electrons. The Hall–Kier alpha value is -2.38. The van der Waals surface area contributed by atoms with Crippen molar-refractivity contribution in [2.45, 2.75) is 113 Å². The highest BCUT2D eigenvalue weighted by molar-refractivity contribution is 5.69. The third-order valence-electron chi connectivity index (χ3n) is 7.17. The fourth-order valence-corrected chi connectivity index (χ4v) is 4.52. The maximum atomic E-state index is 9.13. The molecule has 0 atom stereocenters. The van der Waals surface area contributed by atoms with Crippen LogP contribution in [0.4, 0.5) is 0 Å². The predicted octanol–water partition coefficient (Wildman–Crippen LogP) is 11.2. The average molecular weight is 519 g/mol. The Balaban J connectivity index is 0.000000947. The van der Waals surface area contributed by atoms with Crippen molar-refractivity contribution in [2.75, 3.05) is 6.61 Å². The Bertz CT molecular complexity index is 957. The van der Waals surface area contributed by atoms with Crippen LogP contribution in [0.25, 0.3) is 11.1 Å². The van der Waals surface area contributed by atoms with Crippen molar-refractivity contribution in [3.05, 3.63) is 95.1 Å². The van der Waals surface area contributed by atoms with E-state index in [1.165, 1.54) is 76.6 Å². The van der Waals surface area contributed by atoms with Crippen molar-refractivity contribution in [1.82, 2.24) is 0 Å². The van der Waals surface area contributed by atoms with E-state index in [1.54, 1.807) is 6.08 Å². The molecule has 1 nitrogen and oxygen atoms in total. The van der Waals surface area contributed by atoms with Gasteiger partial charge in [-0.2, -0.15) is 0 Å². The van der Waals surface area contributed by atoms with Crippen LogP contribution < -0.4 is 0 Å². The van der Waals surface area contributed by atoms with Gasteiger partial charge < -0.3 is 5.11 Å². The lowest BCUT2D eigenvalue weighted by Gasteiger charge is -2.15. The first-order valence-electron chi connectivity index (χ1n) is 15.0. The summed E-state index contributed by atoms with van der Waals surface area (Å²) in [5, 5.41) is 9.13. The van der Waals surface area contributed by atoms with Crippen LogP contribution in [0.5, 0.6) is 0 Å². The third kappa shape index (κ3) is 14.0. The van der Waals surface area contributed by atoms with Gasteiger partial charge in [0.1, 0.15) is 0 Å². The summed E-state index contributed by atoms with van der Waals surface area (Å²) < 4.78 is 0. The van der Waals surface area contributed by atoms with Gasteiger partial charge in [0.15, 0.2) is 0 Å². The lowest BCUT2D eigenvalue weighted by molar-refractivity contribution is 0.288. The maximum absolute atomic E-state index is 9.13. The van der Waals surface area contributed by atoms with Crippen molar-refractivity contribution in [1.29, 1.82) is 0 Å². The first-order chi connectivity index (χ1) is 18.3. The Morgan fingerprint density at radius 1 is 0.947 bits per heavy atom. The van der Waals surface area contributed by atoms with Gasteiger partial charge in [-0.1, -0.05) is 119 Å². The topological polar surface area (TPSA) is 20.2 Å². The van der Waals surface area contributed by atoms with E-state index in [2.05, 4.69) is 90.3 Å². The van der Waals surface area contributed by atoms with E-state index in [4.69, 9.17) is 5.11 Å². The molecule has 2 aromatic rings. The monoisotopic (exact) mass is 518 g/mol. The zero-order chi connectivity index (χ0) is 28.9. The summed E-state index contributed by atoms with van der Waals surface area (Å²) in [6, 6.07) is 13.5. The van der Waals surface area contributed by atoms with Crippen LogP contribution in [0.2, 0.25) is 0 Å². The molecule has 0 aliphatic heterocycles. The summed E-state index contributed by atoms with van der Waals surface area (Å²) in [6.07, 6.45) is 15.1. The van der Waals surface area contributed by atoms with Gasteiger partial charge >= 0.3 is 0 Å². The third-order valence-corrected chi connectivity index (χ3v) is 7.17. The minimum absolute atomic E-state index is 0.244. The SMILES string of the molecule is C=C(CCc1ccc(C)c(-c2ccc(C)c(CCCO)c2)c1)/C(C)=C/C.C=CC.CC.CC1CCCCC1. The van der Waals surface area contributed by atoms with Crippen molar-refractivity contribution >= 4 is 0 Å². The number of rotatable bonds is 8. The Morgan fingerprint density at radius 3 is 2.08 bits per heavy atom. The molecule has 2 aromatic carbocycles. The zero-order valence-corrected chi connectivity index (χ0v) is 26.1. The van der Waals surface area contributed by atoms with E-state index in [9.17, 15) is 0 Å². The maximum Gasteiger partial charge on any atom is 0.0434 e. The second kappa shape index (κ2) is 21.5. The van der Waals surface area contributed by atoms with Crippen LogP contribution in [0.15, 0.2) is 72.9 Å². The molecule has 0 aromatic heterocycles. The Morgan fingerprint density at radius 2 is 1.55 bits per heavy atom. The molecule has 0 spiro atoms. The molecule has 1 fully saturated rings. The fourth-order valence-electron chi connectivity index (χ4n) is 4.52. The summed E-state index contributed by atoms with van der Waals surface area (Å²) in [7, 11) is 0. The van der Waals surface area contributed by atoms with Crippen LogP contribution in [0, 0.1) is 19.8 Å². The molecule has 0 saturated heterocycles. The van der Waals surface area contributed by atoms with Crippen molar-refractivity contribution in [3.63, 3.8) is 0 Å². The van der Waals surface area contributed by atoms with Gasteiger partial charge in [-0.25, -0.2) is 0 Å². The van der Waals surface area contributed by atoms with E-state index < -0.39 is 0 Å². The molecule has 0 heterocycles. The Labute approximate surface area is 236 Å². The van der Waals surface area contributed by atoms with Gasteiger partial charge in [0.25, 0.3) is 0 Å². The highest BCUT2D eigenvalue weighted by Gasteiger charge is 2.08. The molecule has 1 heteroatoms. The van der Waals surface area contributed by atoms with E-state index in [1.807, 2.05) is 20.8 Å². The van der Waals surface area contributed by atoms with E-state index in [0.29, 0.717) is 0 Å². The zero-order valence-electron chi connectivity index (χ0n) is 26.1. The van der Waals surface area contributed by atoms with Crippen molar-refractivity contribution < 1.29 is 5.11 Å². The molecule has 1 N–H and O–H groups in total. The molecule has 0 amide bonds. The Kier molecular flexibility index (Phi) is 20.2. The highest BCUT2D eigenvalue weighted by Crippen LogP contribution is 2.28. The van der Waals surface area contributed by atoms with Crippen molar-refractivity contribution in [2.24, 2.45) is 5.92 Å². The summed E-state index contributed by atoms with van der Waals surface area (Å²) in [4.78, 5) is 0. The lowest BCUT2D eigenvalue weighted by atomic mass is 9.91. The number of hydrogen-bond acceptors (Lipinski definition) is 1. The molecule has 1 aliphatic carbocycles. The number of benzene rings is 2. The minimum atomic E-state index is 0.244. The number of aryl methyl sites for hydroxylation is 4. The van der Waals surface area contributed by atoms with Crippen LogP contribution in [0.1, 0.15) is 109 Å². The van der Waals surface area contributed by atoms with Gasteiger partial charge in [0, 0.05) is 6.61 Å². The first-order valence-corrected chi connectivity index (χ1v) is 15.0.